The van der Waals surface area contributed by atoms with Crippen LogP contribution in [-0.4, -0.2) is 64.3 Å². The summed E-state index contributed by atoms with van der Waals surface area (Å²) in [6.45, 7) is 8.27. The van der Waals surface area contributed by atoms with E-state index in [2.05, 4.69) is 41.9 Å². The zero-order valence-electron chi connectivity index (χ0n) is 19.7. The molecule has 0 N–H and O–H groups in total. The van der Waals surface area contributed by atoms with E-state index in [1.54, 1.807) is 6.20 Å². The van der Waals surface area contributed by atoms with Gasteiger partial charge in [-0.05, 0) is 19.3 Å². The lowest BCUT2D eigenvalue weighted by molar-refractivity contribution is -0.0902. The van der Waals surface area contributed by atoms with E-state index in [0.29, 0.717) is 37.8 Å². The third kappa shape index (κ3) is 5.64. The molecule has 0 bridgehead atoms. The van der Waals surface area contributed by atoms with Gasteiger partial charge in [0, 0.05) is 19.8 Å². The summed E-state index contributed by atoms with van der Waals surface area (Å²) < 4.78 is 26.4. The van der Waals surface area contributed by atoms with Gasteiger partial charge in [0.15, 0.2) is 10.8 Å². The zero-order chi connectivity index (χ0) is 23.7. The van der Waals surface area contributed by atoms with Crippen LogP contribution < -0.4 is 0 Å². The molecule has 1 unspecified atom stereocenters. The summed E-state index contributed by atoms with van der Waals surface area (Å²) in [5.74, 6) is 0. The van der Waals surface area contributed by atoms with Gasteiger partial charge in [0.25, 0.3) is 0 Å². The molecule has 0 radical (unpaired) electrons. The second kappa shape index (κ2) is 12.6. The van der Waals surface area contributed by atoms with Gasteiger partial charge in [-0.25, -0.2) is 14.5 Å². The minimum absolute atomic E-state index is 0.195. The highest BCUT2D eigenvalue weighted by Crippen LogP contribution is 2.43. The molecule has 10 heteroatoms. The maximum absolute atomic E-state index is 10.5. The molecule has 1 saturated heterocycles. The summed E-state index contributed by atoms with van der Waals surface area (Å²) in [5.41, 5.74) is -0.697. The first-order valence-corrected chi connectivity index (χ1v) is 12.2. The van der Waals surface area contributed by atoms with E-state index < -0.39 is 23.9 Å². The molecule has 0 spiro atoms. The molecule has 4 atom stereocenters. The molecular weight excluding hydrogens is 446 g/mol. The van der Waals surface area contributed by atoms with E-state index in [-0.39, 0.29) is 5.15 Å². The standard InChI is InChI=1S/C23H34ClN5O4/c1-4-7-10-30-14-17-19(31-11-8-5-2)20(32-12-9-6-3)23(15-25,33-17)18-13-26-22-21(24)27-16-28-29(18)22/h13,16-17,19-20H,4-12,14H2,1-3H3/t17-,19-,20-,23?/m1/s1. The van der Waals surface area contributed by atoms with Gasteiger partial charge in [-0.3, -0.25) is 0 Å². The fraction of sp³-hybridized carbons (Fsp3) is 0.739. The van der Waals surface area contributed by atoms with Gasteiger partial charge in [0.05, 0.1) is 12.8 Å². The lowest BCUT2D eigenvalue weighted by Crippen LogP contribution is -2.44. The van der Waals surface area contributed by atoms with E-state index >= 15 is 0 Å². The number of imidazole rings is 1. The van der Waals surface area contributed by atoms with Crippen LogP contribution in [0.25, 0.3) is 5.65 Å². The van der Waals surface area contributed by atoms with Crippen molar-refractivity contribution in [2.75, 3.05) is 26.4 Å². The molecule has 1 aliphatic rings. The van der Waals surface area contributed by atoms with Crippen molar-refractivity contribution in [1.82, 2.24) is 19.6 Å². The molecular formula is C23H34ClN5O4. The Morgan fingerprint density at radius 1 is 1.09 bits per heavy atom. The first kappa shape index (κ1) is 25.8. The van der Waals surface area contributed by atoms with Crippen molar-refractivity contribution in [2.24, 2.45) is 0 Å². The largest absolute Gasteiger partial charge is 0.379 e. The Hall–Kier alpha value is -1.83. The van der Waals surface area contributed by atoms with Crippen LogP contribution in [0.3, 0.4) is 0 Å². The maximum atomic E-state index is 10.5. The summed E-state index contributed by atoms with van der Waals surface area (Å²) in [6.07, 6.45) is 6.97. The minimum Gasteiger partial charge on any atom is -0.379 e. The highest BCUT2D eigenvalue weighted by atomic mass is 35.5. The van der Waals surface area contributed by atoms with Gasteiger partial charge in [0.1, 0.15) is 36.4 Å². The number of hydrogen-bond acceptors (Lipinski definition) is 8. The van der Waals surface area contributed by atoms with Crippen molar-refractivity contribution in [2.45, 2.75) is 83.2 Å². The fourth-order valence-electron chi connectivity index (χ4n) is 3.90. The summed E-state index contributed by atoms with van der Waals surface area (Å²) in [7, 11) is 0. The van der Waals surface area contributed by atoms with Gasteiger partial charge in [-0.15, -0.1) is 0 Å². The topological polar surface area (TPSA) is 104 Å². The first-order valence-electron chi connectivity index (χ1n) is 11.9. The van der Waals surface area contributed by atoms with Gasteiger partial charge >= 0.3 is 0 Å². The van der Waals surface area contributed by atoms with E-state index in [0.717, 1.165) is 38.5 Å². The maximum Gasteiger partial charge on any atom is 0.227 e. The molecule has 0 aliphatic carbocycles. The summed E-state index contributed by atoms with van der Waals surface area (Å²) >= 11 is 6.21. The quantitative estimate of drug-likeness (QED) is 0.373. The van der Waals surface area contributed by atoms with E-state index in [1.165, 1.54) is 10.8 Å². The normalized spacial score (nSPS) is 25.0. The van der Waals surface area contributed by atoms with E-state index in [1.807, 2.05) is 0 Å². The summed E-state index contributed by atoms with van der Waals surface area (Å²) in [6, 6.07) is 2.37. The van der Waals surface area contributed by atoms with Crippen LogP contribution in [0.2, 0.25) is 5.15 Å². The summed E-state index contributed by atoms with van der Waals surface area (Å²) in [5, 5.41) is 15.0. The molecule has 9 nitrogen and oxygen atoms in total. The third-order valence-electron chi connectivity index (χ3n) is 5.74. The number of nitriles is 1. The number of hydrogen-bond donors (Lipinski definition) is 0. The average molecular weight is 480 g/mol. The van der Waals surface area contributed by atoms with Crippen molar-refractivity contribution in [1.29, 1.82) is 5.26 Å². The number of aromatic nitrogens is 4. The Kier molecular flexibility index (Phi) is 9.83. The second-order valence-electron chi connectivity index (χ2n) is 8.20. The molecule has 2 aromatic rings. The van der Waals surface area contributed by atoms with Crippen LogP contribution in [-0.2, 0) is 24.5 Å². The van der Waals surface area contributed by atoms with Crippen LogP contribution >= 0.6 is 11.6 Å². The number of ether oxygens (including phenoxy) is 4. The van der Waals surface area contributed by atoms with Crippen molar-refractivity contribution < 1.29 is 18.9 Å². The minimum atomic E-state index is -1.49. The van der Waals surface area contributed by atoms with Crippen LogP contribution in [0.5, 0.6) is 0 Å². The van der Waals surface area contributed by atoms with Crippen LogP contribution in [0.4, 0.5) is 0 Å². The molecule has 182 valence electrons. The first-order chi connectivity index (χ1) is 16.1. The lowest BCUT2D eigenvalue weighted by atomic mass is 9.92. The SMILES string of the molecule is CCCCOC[C@H]1OC(C#N)(c2cnc3c(Cl)ncnn23)[C@H](OCCCC)[C@@H]1OCCCC. The van der Waals surface area contributed by atoms with Crippen LogP contribution in [0.1, 0.15) is 65.0 Å². The van der Waals surface area contributed by atoms with Crippen molar-refractivity contribution in [3.8, 4) is 6.07 Å². The number of unbranched alkanes of at least 4 members (excludes halogenated alkanes) is 3. The molecule has 3 rings (SSSR count). The van der Waals surface area contributed by atoms with Crippen molar-refractivity contribution >= 4 is 17.2 Å². The Balaban J connectivity index is 2.00. The molecule has 0 amide bonds. The van der Waals surface area contributed by atoms with Crippen LogP contribution in [0.15, 0.2) is 12.5 Å². The third-order valence-corrected chi connectivity index (χ3v) is 6.00. The van der Waals surface area contributed by atoms with Gasteiger partial charge in [-0.1, -0.05) is 51.6 Å². The molecule has 33 heavy (non-hydrogen) atoms. The Bertz CT molecular complexity index is 920. The molecule has 0 saturated carbocycles. The monoisotopic (exact) mass is 479 g/mol. The Morgan fingerprint density at radius 3 is 2.48 bits per heavy atom. The molecule has 1 aliphatic heterocycles. The van der Waals surface area contributed by atoms with Crippen molar-refractivity contribution in [3.63, 3.8) is 0 Å². The molecule has 1 fully saturated rings. The molecule has 3 heterocycles. The van der Waals surface area contributed by atoms with Crippen LogP contribution in [0, 0.1) is 11.3 Å². The highest BCUT2D eigenvalue weighted by molar-refractivity contribution is 6.32. The molecule has 2 aromatic heterocycles. The number of nitrogens with zero attached hydrogens (tertiary/aromatic N) is 5. The lowest BCUT2D eigenvalue weighted by Gasteiger charge is -2.29. The second-order valence-corrected chi connectivity index (χ2v) is 8.55. The molecule has 0 aromatic carbocycles. The van der Waals surface area contributed by atoms with E-state index in [9.17, 15) is 5.26 Å². The number of fused-ring (bicyclic) bond motifs is 1. The average Bonchev–Trinajstić information content (AvgIpc) is 3.38. The van der Waals surface area contributed by atoms with Gasteiger partial charge in [0.2, 0.25) is 5.60 Å². The zero-order valence-corrected chi connectivity index (χ0v) is 20.5. The Morgan fingerprint density at radius 2 is 1.79 bits per heavy atom. The highest BCUT2D eigenvalue weighted by Gasteiger charge is 2.60. The summed E-state index contributed by atoms with van der Waals surface area (Å²) in [4.78, 5) is 8.33. The number of rotatable bonds is 14. The smallest absolute Gasteiger partial charge is 0.227 e. The van der Waals surface area contributed by atoms with Crippen molar-refractivity contribution in [3.05, 3.63) is 23.4 Å². The predicted molar refractivity (Wildman–Crippen MR) is 123 cm³/mol. The fourth-order valence-corrected chi connectivity index (χ4v) is 4.07. The van der Waals surface area contributed by atoms with E-state index in [4.69, 9.17) is 30.5 Å². The Labute approximate surface area is 200 Å². The van der Waals surface area contributed by atoms with Gasteiger partial charge < -0.3 is 18.9 Å². The van der Waals surface area contributed by atoms with Gasteiger partial charge in [-0.2, -0.15) is 10.4 Å². The predicted octanol–water partition coefficient (Wildman–Crippen LogP) is 4.08. The number of halogens is 1.